The zero-order valence-electron chi connectivity index (χ0n) is 20.8. The van der Waals surface area contributed by atoms with Gasteiger partial charge >= 0.3 is 0 Å². The molecule has 0 spiro atoms. The predicted octanol–water partition coefficient (Wildman–Crippen LogP) is 2.45. The first-order chi connectivity index (χ1) is 18.5. The average Bonchev–Trinajstić information content (AvgIpc) is 3.17. The lowest BCUT2D eigenvalue weighted by Crippen LogP contribution is -2.46. The summed E-state index contributed by atoms with van der Waals surface area (Å²) < 4.78 is 37.6. The zero-order valence-corrected chi connectivity index (χ0v) is 21.7. The largest absolute Gasteiger partial charge is 0.326 e. The minimum absolute atomic E-state index is 0.0547. The monoisotopic (exact) mass is 552 g/mol. The number of carbonyl (C=O) groups excluding carboxylic acids is 4. The quantitative estimate of drug-likeness (QED) is 0.411. The summed E-state index contributed by atoms with van der Waals surface area (Å²) in [7, 11) is -3.89. The molecule has 1 saturated heterocycles. The maximum absolute atomic E-state index is 14.5. The topological polar surface area (TPSA) is 147 Å². The number of nitrogens with one attached hydrogen (secondary N) is 1. The molecule has 1 unspecified atom stereocenters. The Morgan fingerprint density at radius 2 is 1.67 bits per heavy atom. The van der Waals surface area contributed by atoms with Crippen LogP contribution < -0.4 is 15.4 Å². The fourth-order valence-electron chi connectivity index (χ4n) is 4.31. The number of rotatable bonds is 8. The molecule has 1 fully saturated rings. The number of halogens is 1. The van der Waals surface area contributed by atoms with Crippen LogP contribution in [0.25, 0.3) is 0 Å². The van der Waals surface area contributed by atoms with Crippen LogP contribution in [-0.2, 0) is 30.8 Å². The van der Waals surface area contributed by atoms with Crippen molar-refractivity contribution in [3.8, 4) is 0 Å². The average molecular weight is 553 g/mol. The molecule has 1 atom stereocenters. The van der Waals surface area contributed by atoms with Crippen LogP contribution in [-0.4, -0.2) is 49.5 Å². The van der Waals surface area contributed by atoms with Gasteiger partial charge in [-0.2, -0.15) is 0 Å². The normalized spacial score (nSPS) is 15.4. The van der Waals surface area contributed by atoms with Crippen LogP contribution in [0.5, 0.6) is 0 Å². The van der Waals surface area contributed by atoms with E-state index in [1.54, 1.807) is 0 Å². The third-order valence-corrected chi connectivity index (χ3v) is 7.13. The highest BCUT2D eigenvalue weighted by Gasteiger charge is 2.44. The van der Waals surface area contributed by atoms with Crippen molar-refractivity contribution in [1.82, 2.24) is 4.90 Å². The maximum atomic E-state index is 14.5. The van der Waals surface area contributed by atoms with Crippen LogP contribution in [0.3, 0.4) is 0 Å². The lowest BCUT2D eigenvalue weighted by atomic mass is 10.1. The molecule has 1 heterocycles. The van der Waals surface area contributed by atoms with Crippen LogP contribution in [0.15, 0.2) is 77.7 Å². The molecule has 3 N–H and O–H groups in total. The number of primary sulfonamides is 1. The van der Waals surface area contributed by atoms with E-state index in [9.17, 15) is 32.0 Å². The van der Waals surface area contributed by atoms with Gasteiger partial charge in [-0.1, -0.05) is 24.3 Å². The van der Waals surface area contributed by atoms with E-state index in [-0.39, 0.29) is 41.4 Å². The first-order valence-electron chi connectivity index (χ1n) is 11.9. The van der Waals surface area contributed by atoms with Crippen molar-refractivity contribution in [3.05, 3.63) is 89.7 Å². The van der Waals surface area contributed by atoms with Crippen molar-refractivity contribution in [2.24, 2.45) is 5.14 Å². The molecule has 1 aliphatic rings. The zero-order chi connectivity index (χ0) is 28.3. The molecule has 39 heavy (non-hydrogen) atoms. The molecule has 0 bridgehead atoms. The minimum Gasteiger partial charge on any atom is -0.326 e. The standard InChI is InChI=1S/C27H25FN4O6S/c1-17(33)30-19-8-10-20(11-9-19)32-25(34)16-24(27(32)36)31(26(35)22-4-2-3-5-23(22)28)15-14-18-6-12-21(13-7-18)39(29,37)38/h2-13,24H,14-16H2,1H3,(H,30,33)(H2,29,37,38). The summed E-state index contributed by atoms with van der Waals surface area (Å²) in [4.78, 5) is 53.2. The summed E-state index contributed by atoms with van der Waals surface area (Å²) in [6.45, 7) is 1.29. The van der Waals surface area contributed by atoms with Crippen molar-refractivity contribution in [2.45, 2.75) is 30.7 Å². The van der Waals surface area contributed by atoms with Crippen LogP contribution in [0.4, 0.5) is 15.8 Å². The van der Waals surface area contributed by atoms with E-state index in [1.165, 1.54) is 73.7 Å². The summed E-state index contributed by atoms with van der Waals surface area (Å²) >= 11 is 0. The maximum Gasteiger partial charge on any atom is 0.257 e. The van der Waals surface area contributed by atoms with Gasteiger partial charge in [0, 0.05) is 19.2 Å². The molecule has 0 aliphatic carbocycles. The number of nitrogens with two attached hydrogens (primary N) is 1. The number of nitrogens with zero attached hydrogens (tertiary/aromatic N) is 2. The Bertz CT molecular complexity index is 1540. The molecule has 1 aliphatic heterocycles. The van der Waals surface area contributed by atoms with Gasteiger partial charge in [0.15, 0.2) is 0 Å². The van der Waals surface area contributed by atoms with E-state index in [0.29, 0.717) is 11.3 Å². The summed E-state index contributed by atoms with van der Waals surface area (Å²) in [6, 6.07) is 15.9. The van der Waals surface area contributed by atoms with E-state index in [4.69, 9.17) is 5.14 Å². The Kier molecular flexibility index (Phi) is 7.88. The van der Waals surface area contributed by atoms with Gasteiger partial charge in [-0.15, -0.1) is 0 Å². The molecule has 12 heteroatoms. The number of sulfonamides is 1. The smallest absolute Gasteiger partial charge is 0.257 e. The van der Waals surface area contributed by atoms with Gasteiger partial charge < -0.3 is 10.2 Å². The second-order valence-corrected chi connectivity index (χ2v) is 10.5. The summed E-state index contributed by atoms with van der Waals surface area (Å²) in [5, 5.41) is 7.74. The number of hydrogen-bond donors (Lipinski definition) is 2. The molecule has 3 aromatic carbocycles. The first kappa shape index (κ1) is 27.6. The Balaban J connectivity index is 1.61. The van der Waals surface area contributed by atoms with Crippen molar-refractivity contribution in [2.75, 3.05) is 16.8 Å². The second-order valence-electron chi connectivity index (χ2n) is 8.93. The van der Waals surface area contributed by atoms with Crippen LogP contribution in [0.2, 0.25) is 0 Å². The molecule has 202 valence electrons. The van der Waals surface area contributed by atoms with Crippen LogP contribution in [0.1, 0.15) is 29.3 Å². The third-order valence-electron chi connectivity index (χ3n) is 6.20. The fraction of sp³-hybridized carbons (Fsp3) is 0.185. The molecule has 3 aromatic rings. The van der Waals surface area contributed by atoms with E-state index >= 15 is 0 Å². The predicted molar refractivity (Wildman–Crippen MR) is 141 cm³/mol. The second kappa shape index (κ2) is 11.1. The van der Waals surface area contributed by atoms with Gasteiger partial charge in [0.2, 0.25) is 21.8 Å². The van der Waals surface area contributed by atoms with Crippen LogP contribution >= 0.6 is 0 Å². The summed E-state index contributed by atoms with van der Waals surface area (Å²) in [5.41, 5.74) is 1.13. The van der Waals surface area contributed by atoms with E-state index in [1.807, 2.05) is 0 Å². The molecule has 0 radical (unpaired) electrons. The summed E-state index contributed by atoms with van der Waals surface area (Å²) in [5.74, 6) is -3.00. The van der Waals surface area contributed by atoms with Crippen molar-refractivity contribution in [1.29, 1.82) is 0 Å². The highest BCUT2D eigenvalue weighted by molar-refractivity contribution is 7.89. The Hall–Kier alpha value is -4.42. The number of carbonyl (C=O) groups is 4. The van der Waals surface area contributed by atoms with Crippen molar-refractivity contribution < 1.29 is 32.0 Å². The summed E-state index contributed by atoms with van der Waals surface area (Å²) in [6.07, 6.45) is -0.120. The Labute approximate surface area is 224 Å². The van der Waals surface area contributed by atoms with Gasteiger partial charge in [-0.05, 0) is 60.5 Å². The molecular formula is C27H25FN4O6S. The highest BCUT2D eigenvalue weighted by Crippen LogP contribution is 2.28. The van der Waals surface area contributed by atoms with Gasteiger partial charge in [0.1, 0.15) is 11.9 Å². The van der Waals surface area contributed by atoms with Gasteiger partial charge in [0.05, 0.1) is 22.6 Å². The molecule has 0 saturated carbocycles. The number of benzene rings is 3. The van der Waals surface area contributed by atoms with Crippen LogP contribution in [0, 0.1) is 5.82 Å². The number of hydrogen-bond acceptors (Lipinski definition) is 6. The van der Waals surface area contributed by atoms with Gasteiger partial charge in [0.25, 0.3) is 11.8 Å². The molecule has 4 rings (SSSR count). The Morgan fingerprint density at radius 3 is 2.26 bits per heavy atom. The lowest BCUT2D eigenvalue weighted by molar-refractivity contribution is -0.122. The van der Waals surface area contributed by atoms with Crippen molar-refractivity contribution >= 4 is 45.0 Å². The third kappa shape index (κ3) is 6.19. The van der Waals surface area contributed by atoms with Gasteiger partial charge in [-0.25, -0.2) is 22.8 Å². The van der Waals surface area contributed by atoms with Gasteiger partial charge in [-0.3, -0.25) is 19.2 Å². The molecule has 0 aromatic heterocycles. The number of amides is 4. The number of anilines is 2. The fourth-order valence-corrected chi connectivity index (χ4v) is 4.83. The van der Waals surface area contributed by atoms with E-state index < -0.39 is 39.6 Å². The first-order valence-corrected chi connectivity index (χ1v) is 13.4. The van der Waals surface area contributed by atoms with E-state index in [2.05, 4.69) is 5.32 Å². The lowest BCUT2D eigenvalue weighted by Gasteiger charge is -2.28. The van der Waals surface area contributed by atoms with E-state index in [0.717, 1.165) is 15.9 Å². The Morgan fingerprint density at radius 1 is 1.03 bits per heavy atom. The highest BCUT2D eigenvalue weighted by atomic mass is 32.2. The molecule has 10 nitrogen and oxygen atoms in total. The van der Waals surface area contributed by atoms with Crippen molar-refractivity contribution in [3.63, 3.8) is 0 Å². The SMILES string of the molecule is CC(=O)Nc1ccc(N2C(=O)CC(N(CCc3ccc(S(N)(=O)=O)cc3)C(=O)c3ccccc3F)C2=O)cc1. The molecule has 4 amide bonds. The molecular weight excluding hydrogens is 527 g/mol. The minimum atomic E-state index is -3.89. The number of imide groups is 1.